The van der Waals surface area contributed by atoms with E-state index in [1.54, 1.807) is 20.4 Å². The molecule has 0 aliphatic heterocycles. The second-order valence-corrected chi connectivity index (χ2v) is 6.54. The Labute approximate surface area is 171 Å². The predicted molar refractivity (Wildman–Crippen MR) is 112 cm³/mol. The number of anilines is 1. The molecule has 0 aliphatic carbocycles. The van der Waals surface area contributed by atoms with Crippen LogP contribution in [0.15, 0.2) is 48.7 Å². The average Bonchev–Trinajstić information content (AvgIpc) is 3.21. The van der Waals surface area contributed by atoms with E-state index in [1.165, 1.54) is 0 Å². The van der Waals surface area contributed by atoms with Crippen LogP contribution in [0.4, 0.5) is 10.5 Å². The smallest absolute Gasteiger partial charge is 0.319 e. The zero-order chi connectivity index (χ0) is 19.9. The number of nitrogens with zero attached hydrogens (tertiary/aromatic N) is 1. The summed E-state index contributed by atoms with van der Waals surface area (Å²) in [7, 11) is 3.16. The molecule has 0 saturated carbocycles. The second kappa shape index (κ2) is 9.27. The summed E-state index contributed by atoms with van der Waals surface area (Å²) in [5.41, 5.74) is 4.52. The summed E-state index contributed by atoms with van der Waals surface area (Å²) < 4.78 is 10.5. The number of carbonyl (C=O) groups excluding carboxylic acids is 1. The summed E-state index contributed by atoms with van der Waals surface area (Å²) in [5, 5.41) is 13.5. The molecule has 2 amide bonds. The number of hydrogen-bond donors (Lipinski definition) is 3. The van der Waals surface area contributed by atoms with Gasteiger partial charge in [-0.05, 0) is 29.8 Å². The van der Waals surface area contributed by atoms with Gasteiger partial charge in [0.1, 0.15) is 0 Å². The number of H-pyrrole nitrogens is 1. The van der Waals surface area contributed by atoms with Crippen LogP contribution in [0.3, 0.4) is 0 Å². The highest BCUT2D eigenvalue weighted by Gasteiger charge is 2.09. The number of aromatic nitrogens is 2. The third-order valence-corrected chi connectivity index (χ3v) is 4.78. The molecule has 3 rings (SSSR count). The van der Waals surface area contributed by atoms with Gasteiger partial charge in [0.05, 0.1) is 26.1 Å². The minimum Gasteiger partial charge on any atom is -0.493 e. The van der Waals surface area contributed by atoms with Gasteiger partial charge >= 0.3 is 6.03 Å². The number of amides is 2. The Hall–Kier alpha value is -3.00. The molecule has 0 spiro atoms. The fourth-order valence-electron chi connectivity index (χ4n) is 2.76. The summed E-state index contributed by atoms with van der Waals surface area (Å²) in [6.45, 7) is 0.361. The van der Waals surface area contributed by atoms with Gasteiger partial charge in [0.15, 0.2) is 11.5 Å². The van der Waals surface area contributed by atoms with Crippen LogP contribution in [0, 0.1) is 0 Å². The standard InChI is InChI=1S/C20H21BrN4O3/c1-27-17-7-6-13(8-18(17)28-2)11-22-20(26)24-16-5-3-4-14(9-16)19-15(10-21)12-23-25-19/h3-9,12H,10-11H2,1-2H3,(H,23,25)(H2,22,24,26). The van der Waals surface area contributed by atoms with Crippen LogP contribution in [0.2, 0.25) is 0 Å². The number of nitrogens with one attached hydrogen (secondary N) is 3. The van der Waals surface area contributed by atoms with E-state index in [2.05, 4.69) is 36.8 Å². The lowest BCUT2D eigenvalue weighted by atomic mass is 10.1. The molecular formula is C20H21BrN4O3. The van der Waals surface area contributed by atoms with E-state index in [1.807, 2.05) is 42.5 Å². The van der Waals surface area contributed by atoms with Crippen molar-refractivity contribution in [3.05, 3.63) is 59.8 Å². The van der Waals surface area contributed by atoms with Crippen molar-refractivity contribution < 1.29 is 14.3 Å². The molecule has 2 aromatic carbocycles. The van der Waals surface area contributed by atoms with Crippen molar-refractivity contribution in [3.63, 3.8) is 0 Å². The number of carbonyl (C=O) groups is 1. The highest BCUT2D eigenvalue weighted by Crippen LogP contribution is 2.28. The van der Waals surface area contributed by atoms with Gasteiger partial charge in [-0.1, -0.05) is 34.1 Å². The van der Waals surface area contributed by atoms with Crippen molar-refractivity contribution >= 4 is 27.6 Å². The first-order valence-electron chi connectivity index (χ1n) is 8.59. The SMILES string of the molecule is COc1ccc(CNC(=O)Nc2cccc(-c3[nH]ncc3CBr)c2)cc1OC. The topological polar surface area (TPSA) is 88.3 Å². The normalized spacial score (nSPS) is 10.4. The quantitative estimate of drug-likeness (QED) is 0.473. The first-order chi connectivity index (χ1) is 13.6. The molecule has 146 valence electrons. The minimum absolute atomic E-state index is 0.294. The Morgan fingerprint density at radius 1 is 1.14 bits per heavy atom. The highest BCUT2D eigenvalue weighted by atomic mass is 79.9. The molecule has 0 aliphatic rings. The summed E-state index contributed by atoms with van der Waals surface area (Å²) in [5.74, 6) is 1.27. The van der Waals surface area contributed by atoms with Gasteiger partial charge in [-0.25, -0.2) is 4.79 Å². The Morgan fingerprint density at radius 3 is 2.71 bits per heavy atom. The summed E-state index contributed by atoms with van der Waals surface area (Å²) in [4.78, 5) is 12.3. The van der Waals surface area contributed by atoms with Crippen LogP contribution in [0.1, 0.15) is 11.1 Å². The van der Waals surface area contributed by atoms with Crippen LogP contribution in [0.5, 0.6) is 11.5 Å². The fraction of sp³-hybridized carbons (Fsp3) is 0.200. The maximum Gasteiger partial charge on any atom is 0.319 e. The third kappa shape index (κ3) is 4.64. The number of urea groups is 1. The number of ether oxygens (including phenoxy) is 2. The van der Waals surface area contributed by atoms with E-state index in [9.17, 15) is 4.79 Å². The Morgan fingerprint density at radius 2 is 1.96 bits per heavy atom. The molecule has 1 aromatic heterocycles. The van der Waals surface area contributed by atoms with E-state index in [0.29, 0.717) is 29.1 Å². The van der Waals surface area contributed by atoms with Crippen LogP contribution < -0.4 is 20.1 Å². The molecule has 28 heavy (non-hydrogen) atoms. The average molecular weight is 445 g/mol. The molecule has 1 heterocycles. The number of halogens is 1. The van der Waals surface area contributed by atoms with E-state index in [4.69, 9.17) is 9.47 Å². The predicted octanol–water partition coefficient (Wildman–Crippen LogP) is 4.31. The van der Waals surface area contributed by atoms with Gasteiger partial charge in [0, 0.05) is 28.7 Å². The molecule has 0 saturated heterocycles. The van der Waals surface area contributed by atoms with Gasteiger partial charge in [-0.3, -0.25) is 5.10 Å². The van der Waals surface area contributed by atoms with Crippen LogP contribution in [0.25, 0.3) is 11.3 Å². The second-order valence-electron chi connectivity index (χ2n) is 5.98. The number of aromatic amines is 1. The largest absolute Gasteiger partial charge is 0.493 e. The first-order valence-corrected chi connectivity index (χ1v) is 9.71. The monoisotopic (exact) mass is 444 g/mol. The molecule has 0 unspecified atom stereocenters. The number of alkyl halides is 1. The maximum absolute atomic E-state index is 12.3. The Bertz CT molecular complexity index is 958. The minimum atomic E-state index is -0.294. The van der Waals surface area contributed by atoms with Gasteiger partial charge in [0.25, 0.3) is 0 Å². The van der Waals surface area contributed by atoms with Crippen molar-refractivity contribution in [2.24, 2.45) is 0 Å². The molecule has 0 atom stereocenters. The maximum atomic E-state index is 12.3. The van der Waals surface area contributed by atoms with Crippen LogP contribution in [-0.2, 0) is 11.9 Å². The van der Waals surface area contributed by atoms with Crippen LogP contribution >= 0.6 is 15.9 Å². The zero-order valence-corrected chi connectivity index (χ0v) is 17.2. The Balaban J connectivity index is 1.63. The molecule has 0 fully saturated rings. The van der Waals surface area contributed by atoms with E-state index in [0.717, 1.165) is 22.4 Å². The van der Waals surface area contributed by atoms with Crippen molar-refractivity contribution in [1.29, 1.82) is 0 Å². The number of rotatable bonds is 7. The van der Waals surface area contributed by atoms with E-state index in [-0.39, 0.29) is 6.03 Å². The van der Waals surface area contributed by atoms with Crippen LogP contribution in [-0.4, -0.2) is 30.4 Å². The number of methoxy groups -OCH3 is 2. The lowest BCUT2D eigenvalue weighted by Crippen LogP contribution is -2.28. The molecule has 3 N–H and O–H groups in total. The van der Waals surface area contributed by atoms with Crippen molar-refractivity contribution in [3.8, 4) is 22.8 Å². The van der Waals surface area contributed by atoms with Gasteiger partial charge in [-0.15, -0.1) is 0 Å². The molecular weight excluding hydrogens is 424 g/mol. The summed E-state index contributed by atoms with van der Waals surface area (Å²) in [6, 6.07) is 12.8. The fourth-order valence-corrected chi connectivity index (χ4v) is 3.19. The number of hydrogen-bond acceptors (Lipinski definition) is 4. The Kier molecular flexibility index (Phi) is 6.54. The van der Waals surface area contributed by atoms with E-state index < -0.39 is 0 Å². The molecule has 0 bridgehead atoms. The first kappa shape index (κ1) is 19.8. The molecule has 3 aromatic rings. The number of benzene rings is 2. The summed E-state index contributed by atoms with van der Waals surface area (Å²) in [6.07, 6.45) is 1.78. The third-order valence-electron chi connectivity index (χ3n) is 4.17. The highest BCUT2D eigenvalue weighted by molar-refractivity contribution is 9.08. The van der Waals surface area contributed by atoms with Crippen molar-refractivity contribution in [2.45, 2.75) is 11.9 Å². The van der Waals surface area contributed by atoms with Gasteiger partial charge in [-0.2, -0.15) is 5.10 Å². The van der Waals surface area contributed by atoms with Gasteiger partial charge < -0.3 is 20.1 Å². The zero-order valence-electron chi connectivity index (χ0n) is 15.6. The molecule has 7 nitrogen and oxygen atoms in total. The molecule has 8 heteroatoms. The van der Waals surface area contributed by atoms with E-state index >= 15 is 0 Å². The lowest BCUT2D eigenvalue weighted by molar-refractivity contribution is 0.251. The van der Waals surface area contributed by atoms with Gasteiger partial charge in [0.2, 0.25) is 0 Å². The lowest BCUT2D eigenvalue weighted by Gasteiger charge is -2.11. The van der Waals surface area contributed by atoms with Crippen molar-refractivity contribution in [1.82, 2.24) is 15.5 Å². The molecule has 0 radical (unpaired) electrons. The van der Waals surface area contributed by atoms with Crippen molar-refractivity contribution in [2.75, 3.05) is 19.5 Å². The summed E-state index contributed by atoms with van der Waals surface area (Å²) >= 11 is 3.45.